The molecule has 0 fully saturated rings. The first kappa shape index (κ1) is 32.2. The molecule has 212 valence electrons. The largest absolute Gasteiger partial charge is 0.480 e. The minimum absolute atomic E-state index is 0.0181. The van der Waals surface area contributed by atoms with Crippen LogP contribution in [0.1, 0.15) is 31.4 Å². The molecule has 1 rings (SSSR count). The predicted octanol–water partition coefficient (Wildman–Crippen LogP) is -3.50. The van der Waals surface area contributed by atoms with Crippen molar-refractivity contribution < 1.29 is 29.1 Å². The molecule has 38 heavy (non-hydrogen) atoms. The fraction of sp³-hybridized carbons (Fsp3) is 0.571. The number of amides is 4. The van der Waals surface area contributed by atoms with Crippen LogP contribution in [0, 0.1) is 0 Å². The molecule has 1 aromatic heterocycles. The Morgan fingerprint density at radius 1 is 1.03 bits per heavy atom. The first-order valence-electron chi connectivity index (χ1n) is 11.6. The molecule has 17 heteroatoms. The second-order valence-corrected chi connectivity index (χ2v) is 9.30. The van der Waals surface area contributed by atoms with Crippen molar-refractivity contribution in [2.24, 2.45) is 27.9 Å². The van der Waals surface area contributed by atoms with E-state index >= 15 is 0 Å². The van der Waals surface area contributed by atoms with Crippen LogP contribution < -0.4 is 38.9 Å². The van der Waals surface area contributed by atoms with Gasteiger partial charge in [0.1, 0.15) is 18.1 Å². The highest BCUT2D eigenvalue weighted by Crippen LogP contribution is 2.06. The summed E-state index contributed by atoms with van der Waals surface area (Å²) in [7, 11) is 0. The van der Waals surface area contributed by atoms with E-state index in [0.717, 1.165) is 0 Å². The molecule has 0 aromatic carbocycles. The number of aromatic nitrogens is 2. The molecule has 13 N–H and O–H groups in total. The Balaban J connectivity index is 2.90. The summed E-state index contributed by atoms with van der Waals surface area (Å²) in [5, 5.41) is 16.7. The van der Waals surface area contributed by atoms with Gasteiger partial charge in [-0.15, -0.1) is 0 Å². The number of nitrogens with one attached hydrogen (secondary N) is 4. The summed E-state index contributed by atoms with van der Waals surface area (Å²) in [5.41, 5.74) is 22.3. The minimum atomic E-state index is -1.48. The molecule has 4 unspecified atom stereocenters. The van der Waals surface area contributed by atoms with E-state index in [9.17, 15) is 29.1 Å². The fourth-order valence-corrected chi connectivity index (χ4v) is 3.70. The Labute approximate surface area is 223 Å². The zero-order valence-electron chi connectivity index (χ0n) is 21.0. The lowest BCUT2D eigenvalue weighted by Crippen LogP contribution is -2.58. The van der Waals surface area contributed by atoms with Gasteiger partial charge in [0.05, 0.1) is 18.8 Å². The summed E-state index contributed by atoms with van der Waals surface area (Å²) in [6.07, 6.45) is 4.74. The maximum atomic E-state index is 13.0. The van der Waals surface area contributed by atoms with Gasteiger partial charge in [-0.3, -0.25) is 24.2 Å². The van der Waals surface area contributed by atoms with Gasteiger partial charge in [0.25, 0.3) is 0 Å². The number of imidazole rings is 1. The fourth-order valence-electron chi connectivity index (χ4n) is 3.23. The van der Waals surface area contributed by atoms with Crippen molar-refractivity contribution in [1.82, 2.24) is 25.9 Å². The number of hydrogen-bond donors (Lipinski definition) is 9. The molecule has 0 saturated heterocycles. The van der Waals surface area contributed by atoms with Crippen molar-refractivity contribution >= 4 is 47.3 Å². The highest BCUT2D eigenvalue weighted by Gasteiger charge is 2.31. The third-order valence-electron chi connectivity index (χ3n) is 5.17. The number of carbonyl (C=O) groups is 5. The van der Waals surface area contributed by atoms with Gasteiger partial charge in [0.2, 0.25) is 23.6 Å². The highest BCUT2D eigenvalue weighted by atomic mass is 32.2. The summed E-state index contributed by atoms with van der Waals surface area (Å²) in [6, 6.07) is -4.89. The summed E-state index contributed by atoms with van der Waals surface area (Å²) in [6.45, 7) is 0.142. The van der Waals surface area contributed by atoms with Crippen LogP contribution in [0.5, 0.6) is 0 Å². The number of guanidine groups is 1. The van der Waals surface area contributed by atoms with Crippen molar-refractivity contribution in [3.8, 4) is 0 Å². The number of hydrogen-bond acceptors (Lipinski definition) is 9. The average molecular weight is 557 g/mol. The molecule has 1 aromatic rings. The maximum Gasteiger partial charge on any atom is 0.326 e. The summed E-state index contributed by atoms with van der Waals surface area (Å²) in [4.78, 5) is 72.1. The van der Waals surface area contributed by atoms with Crippen LogP contribution in [0.15, 0.2) is 17.5 Å². The maximum absolute atomic E-state index is 13.0. The quantitative estimate of drug-likeness (QED) is 0.0485. The first-order chi connectivity index (χ1) is 17.9. The van der Waals surface area contributed by atoms with E-state index in [1.54, 1.807) is 0 Å². The molecule has 16 nitrogen and oxygen atoms in total. The lowest BCUT2D eigenvalue weighted by molar-refractivity contribution is -0.142. The number of rotatable bonds is 18. The number of nitrogens with zero attached hydrogens (tertiary/aromatic N) is 2. The number of aliphatic imine (C=N–C) groups is 1. The van der Waals surface area contributed by atoms with Crippen LogP contribution in [0.2, 0.25) is 0 Å². The SMILES string of the molecule is CSCCC(NC(=O)C(N)Cc1cnc[nH]1)C(=O)NC(CC(N)=O)C(=O)NC(CCCN=C(N)N)C(=O)O. The molecule has 0 spiro atoms. The lowest BCUT2D eigenvalue weighted by atomic mass is 10.1. The number of primary amides is 1. The third-order valence-corrected chi connectivity index (χ3v) is 5.82. The number of thioether (sulfide) groups is 1. The zero-order chi connectivity index (χ0) is 28.7. The molecule has 0 aliphatic carbocycles. The van der Waals surface area contributed by atoms with E-state index in [-0.39, 0.29) is 38.2 Å². The van der Waals surface area contributed by atoms with Crippen LogP contribution in [-0.4, -0.2) is 93.4 Å². The number of aromatic amines is 1. The van der Waals surface area contributed by atoms with Crippen LogP contribution in [0.4, 0.5) is 0 Å². The van der Waals surface area contributed by atoms with Gasteiger partial charge >= 0.3 is 5.97 Å². The van der Waals surface area contributed by atoms with E-state index in [0.29, 0.717) is 11.4 Å². The van der Waals surface area contributed by atoms with Gasteiger partial charge in [-0.1, -0.05) is 0 Å². The molecule has 1 heterocycles. The molecule has 4 amide bonds. The number of aliphatic carboxylic acids is 1. The third kappa shape index (κ3) is 12.4. The van der Waals surface area contributed by atoms with Crippen LogP contribution >= 0.6 is 11.8 Å². The van der Waals surface area contributed by atoms with Crippen molar-refractivity contribution in [3.63, 3.8) is 0 Å². The molecular formula is C21H36N10O6S. The van der Waals surface area contributed by atoms with Crippen LogP contribution in [0.3, 0.4) is 0 Å². The molecule has 4 atom stereocenters. The Bertz CT molecular complexity index is 970. The van der Waals surface area contributed by atoms with Crippen molar-refractivity contribution in [2.45, 2.75) is 56.3 Å². The van der Waals surface area contributed by atoms with Crippen LogP contribution in [0.25, 0.3) is 0 Å². The second-order valence-electron chi connectivity index (χ2n) is 8.31. The number of carboxylic acids is 1. The smallest absolute Gasteiger partial charge is 0.326 e. The molecule has 0 aliphatic heterocycles. The Hall–Kier alpha value is -3.86. The van der Waals surface area contributed by atoms with E-state index < -0.39 is 60.2 Å². The molecule has 0 aliphatic rings. The lowest BCUT2D eigenvalue weighted by Gasteiger charge is -2.24. The second kappa shape index (κ2) is 16.8. The van der Waals surface area contributed by atoms with Crippen LogP contribution in [-0.2, 0) is 30.4 Å². The number of carboxylic acid groups (broad SMARTS) is 1. The van der Waals surface area contributed by atoms with Gasteiger partial charge in [-0.05, 0) is 31.3 Å². The molecule has 0 radical (unpaired) electrons. The normalized spacial score (nSPS) is 13.8. The Morgan fingerprint density at radius 2 is 1.66 bits per heavy atom. The minimum Gasteiger partial charge on any atom is -0.480 e. The topological polar surface area (TPSA) is 287 Å². The number of H-pyrrole nitrogens is 1. The summed E-state index contributed by atoms with van der Waals surface area (Å²) >= 11 is 1.43. The van der Waals surface area contributed by atoms with Gasteiger partial charge in [0, 0.05) is 24.9 Å². The Kier molecular flexibility index (Phi) is 14.2. The summed E-state index contributed by atoms with van der Waals surface area (Å²) < 4.78 is 0. The molecule has 0 bridgehead atoms. The van der Waals surface area contributed by atoms with Gasteiger partial charge in [-0.2, -0.15) is 11.8 Å². The molecule has 0 saturated carbocycles. The van der Waals surface area contributed by atoms with E-state index in [1.807, 2.05) is 6.26 Å². The monoisotopic (exact) mass is 556 g/mol. The van der Waals surface area contributed by atoms with E-state index in [4.69, 9.17) is 22.9 Å². The Morgan fingerprint density at radius 3 is 2.21 bits per heavy atom. The number of carbonyl (C=O) groups excluding carboxylic acids is 4. The van der Waals surface area contributed by atoms with E-state index in [1.165, 1.54) is 24.3 Å². The highest BCUT2D eigenvalue weighted by molar-refractivity contribution is 7.98. The average Bonchev–Trinajstić information content (AvgIpc) is 3.35. The van der Waals surface area contributed by atoms with Crippen molar-refractivity contribution in [3.05, 3.63) is 18.2 Å². The van der Waals surface area contributed by atoms with Gasteiger partial charge in [-0.25, -0.2) is 9.78 Å². The van der Waals surface area contributed by atoms with Crippen molar-refractivity contribution in [1.29, 1.82) is 0 Å². The van der Waals surface area contributed by atoms with Crippen molar-refractivity contribution in [2.75, 3.05) is 18.6 Å². The standard InChI is InChI=1S/C21H36N10O6S/c1-38-6-4-13(29-17(33)12(22)7-11-9-26-10-28-11)18(34)31-15(8-16(23)32)19(35)30-14(20(36)37)3-2-5-27-21(24)25/h9-10,12-15H,2-8,22H2,1H3,(H2,23,32)(H,26,28)(H,29,33)(H,30,35)(H,31,34)(H,36,37)(H4,24,25,27). The predicted molar refractivity (Wildman–Crippen MR) is 140 cm³/mol. The zero-order valence-corrected chi connectivity index (χ0v) is 21.8. The van der Waals surface area contributed by atoms with Gasteiger partial charge in [0.15, 0.2) is 5.96 Å². The number of nitrogens with two attached hydrogens (primary N) is 4. The molecular weight excluding hydrogens is 520 g/mol. The van der Waals surface area contributed by atoms with E-state index in [2.05, 4.69) is 30.9 Å². The first-order valence-corrected chi connectivity index (χ1v) is 13.0. The van der Waals surface area contributed by atoms with Gasteiger partial charge < -0.3 is 49.0 Å². The summed E-state index contributed by atoms with van der Waals surface area (Å²) in [5.74, 6) is -4.21.